The van der Waals surface area contributed by atoms with Crippen LogP contribution in [0.1, 0.15) is 46.5 Å². The molecule has 120 valence electrons. The van der Waals surface area contributed by atoms with E-state index in [-0.39, 0.29) is 36.6 Å². The molecule has 1 rings (SSSR count). The summed E-state index contributed by atoms with van der Waals surface area (Å²) in [6.07, 6.45) is 1.47. The van der Waals surface area contributed by atoms with Crippen molar-refractivity contribution in [3.05, 3.63) is 0 Å². The highest BCUT2D eigenvalue weighted by atomic mass is 16.6. The van der Waals surface area contributed by atoms with Crippen LogP contribution in [-0.4, -0.2) is 48.5 Å². The van der Waals surface area contributed by atoms with Gasteiger partial charge in [-0.25, -0.2) is 0 Å². The monoisotopic (exact) mass is 299 g/mol. The number of nitrogens with zero attached hydrogens (tertiary/aromatic N) is 1. The van der Waals surface area contributed by atoms with Crippen molar-refractivity contribution in [2.75, 3.05) is 20.2 Å². The Morgan fingerprint density at radius 1 is 1.10 bits per heavy atom. The first-order valence-electron chi connectivity index (χ1n) is 7.30. The average Bonchev–Trinajstić information content (AvgIpc) is 2.42. The number of hydrogen-bond donors (Lipinski definition) is 0. The van der Waals surface area contributed by atoms with E-state index < -0.39 is 5.60 Å². The first kappa shape index (κ1) is 17.5. The van der Waals surface area contributed by atoms with Gasteiger partial charge in [0.1, 0.15) is 5.60 Å². The van der Waals surface area contributed by atoms with Crippen LogP contribution in [0.25, 0.3) is 0 Å². The molecule has 6 nitrogen and oxygen atoms in total. The molecule has 1 aliphatic rings. The van der Waals surface area contributed by atoms with Gasteiger partial charge in [-0.15, -0.1) is 0 Å². The smallest absolute Gasteiger partial charge is 0.308 e. The molecule has 6 heteroatoms. The lowest BCUT2D eigenvalue weighted by Gasteiger charge is -2.30. The van der Waals surface area contributed by atoms with E-state index in [2.05, 4.69) is 0 Å². The van der Waals surface area contributed by atoms with Gasteiger partial charge in [-0.2, -0.15) is 0 Å². The number of amides is 1. The Hall–Kier alpha value is -1.59. The van der Waals surface area contributed by atoms with Gasteiger partial charge < -0.3 is 14.4 Å². The van der Waals surface area contributed by atoms with Gasteiger partial charge in [-0.05, 0) is 33.6 Å². The molecule has 0 aromatic carbocycles. The molecule has 0 atom stereocenters. The van der Waals surface area contributed by atoms with E-state index in [0.29, 0.717) is 25.9 Å². The quantitative estimate of drug-likeness (QED) is 0.736. The van der Waals surface area contributed by atoms with Crippen molar-refractivity contribution in [2.24, 2.45) is 5.92 Å². The fourth-order valence-corrected chi connectivity index (χ4v) is 2.29. The molecule has 0 aliphatic carbocycles. The second kappa shape index (κ2) is 7.43. The molecule has 0 saturated carbocycles. The van der Waals surface area contributed by atoms with E-state index in [0.717, 1.165) is 0 Å². The van der Waals surface area contributed by atoms with Gasteiger partial charge in [-0.3, -0.25) is 14.4 Å². The maximum atomic E-state index is 12.0. The maximum absolute atomic E-state index is 12.0. The van der Waals surface area contributed by atoms with Crippen LogP contribution in [0, 0.1) is 5.92 Å². The maximum Gasteiger partial charge on any atom is 0.308 e. The molecule has 0 spiro atoms. The molecule has 1 heterocycles. The second-order valence-corrected chi connectivity index (χ2v) is 6.26. The zero-order chi connectivity index (χ0) is 16.0. The number of hydrogen-bond acceptors (Lipinski definition) is 5. The van der Waals surface area contributed by atoms with E-state index in [1.807, 2.05) is 0 Å². The summed E-state index contributed by atoms with van der Waals surface area (Å²) in [7, 11) is 1.38. The molecule has 1 aliphatic heterocycles. The van der Waals surface area contributed by atoms with Gasteiger partial charge in [0.05, 0.1) is 19.4 Å². The first-order valence-corrected chi connectivity index (χ1v) is 7.30. The number of methoxy groups -OCH3 is 1. The fraction of sp³-hybridized carbons (Fsp3) is 0.800. The number of piperidine rings is 1. The molecule has 1 fully saturated rings. The normalized spacial score (nSPS) is 16.5. The van der Waals surface area contributed by atoms with E-state index in [1.165, 1.54) is 7.11 Å². The number of rotatable bonds is 4. The minimum atomic E-state index is -0.529. The van der Waals surface area contributed by atoms with Crippen LogP contribution in [0.4, 0.5) is 0 Å². The molecule has 0 bridgehead atoms. The Bertz CT molecular complexity index is 391. The van der Waals surface area contributed by atoms with Crippen molar-refractivity contribution in [3.8, 4) is 0 Å². The number of ether oxygens (including phenoxy) is 2. The summed E-state index contributed by atoms with van der Waals surface area (Å²) in [5, 5.41) is 0. The summed E-state index contributed by atoms with van der Waals surface area (Å²) < 4.78 is 9.87. The molecule has 1 amide bonds. The Morgan fingerprint density at radius 3 is 2.14 bits per heavy atom. The van der Waals surface area contributed by atoms with Gasteiger partial charge in [0.15, 0.2) is 0 Å². The Kier molecular flexibility index (Phi) is 6.18. The minimum Gasteiger partial charge on any atom is -0.469 e. The summed E-state index contributed by atoms with van der Waals surface area (Å²) in [5.41, 5.74) is -0.529. The molecule has 0 unspecified atom stereocenters. The third-order valence-corrected chi connectivity index (χ3v) is 3.35. The van der Waals surface area contributed by atoms with E-state index in [4.69, 9.17) is 9.47 Å². The van der Waals surface area contributed by atoms with Crippen LogP contribution in [0.2, 0.25) is 0 Å². The van der Waals surface area contributed by atoms with Crippen molar-refractivity contribution < 1.29 is 23.9 Å². The molecular formula is C15H25NO5. The zero-order valence-corrected chi connectivity index (χ0v) is 13.3. The topological polar surface area (TPSA) is 72.9 Å². The van der Waals surface area contributed by atoms with Crippen LogP contribution in [0.5, 0.6) is 0 Å². The van der Waals surface area contributed by atoms with Gasteiger partial charge in [0.2, 0.25) is 5.91 Å². The predicted molar refractivity (Wildman–Crippen MR) is 76.4 cm³/mol. The summed E-state index contributed by atoms with van der Waals surface area (Å²) in [4.78, 5) is 36.7. The summed E-state index contributed by atoms with van der Waals surface area (Å²) in [5.74, 6) is -0.759. The van der Waals surface area contributed by atoms with E-state index in [1.54, 1.807) is 25.7 Å². The molecule has 0 aromatic heterocycles. The summed E-state index contributed by atoms with van der Waals surface area (Å²) in [6.45, 7) is 6.46. The minimum absolute atomic E-state index is 0.0656. The molecule has 0 N–H and O–H groups in total. The predicted octanol–water partition coefficient (Wildman–Crippen LogP) is 1.52. The Balaban J connectivity index is 2.31. The fourth-order valence-electron chi connectivity index (χ4n) is 2.29. The lowest BCUT2D eigenvalue weighted by molar-refractivity contribution is -0.156. The molecular weight excluding hydrogens is 274 g/mol. The van der Waals surface area contributed by atoms with Crippen molar-refractivity contribution >= 4 is 17.8 Å². The van der Waals surface area contributed by atoms with Crippen molar-refractivity contribution in [1.82, 2.24) is 4.90 Å². The zero-order valence-electron chi connectivity index (χ0n) is 13.3. The number of likely N-dealkylation sites (tertiary alicyclic amines) is 1. The lowest BCUT2D eigenvalue weighted by atomic mass is 9.97. The third kappa shape index (κ3) is 6.14. The molecule has 0 radical (unpaired) electrons. The molecule has 0 aromatic rings. The SMILES string of the molecule is COC(=O)C1CCN(C(=O)CCC(=O)OC(C)(C)C)CC1. The van der Waals surface area contributed by atoms with E-state index in [9.17, 15) is 14.4 Å². The van der Waals surface area contributed by atoms with Gasteiger partial charge in [-0.1, -0.05) is 0 Å². The van der Waals surface area contributed by atoms with Gasteiger partial charge in [0, 0.05) is 19.5 Å². The van der Waals surface area contributed by atoms with Crippen molar-refractivity contribution in [2.45, 2.75) is 52.1 Å². The Labute approximate surface area is 125 Å². The number of esters is 2. The highest BCUT2D eigenvalue weighted by Crippen LogP contribution is 2.19. The van der Waals surface area contributed by atoms with Gasteiger partial charge >= 0.3 is 11.9 Å². The first-order chi connectivity index (χ1) is 9.73. The lowest BCUT2D eigenvalue weighted by Crippen LogP contribution is -2.40. The summed E-state index contributed by atoms with van der Waals surface area (Å²) in [6, 6.07) is 0. The van der Waals surface area contributed by atoms with Crippen molar-refractivity contribution in [1.29, 1.82) is 0 Å². The second-order valence-electron chi connectivity index (χ2n) is 6.26. The van der Waals surface area contributed by atoms with Crippen LogP contribution in [0.3, 0.4) is 0 Å². The standard InChI is InChI=1S/C15H25NO5/c1-15(2,3)21-13(18)6-5-12(17)16-9-7-11(8-10-16)14(19)20-4/h11H,5-10H2,1-4H3. The highest BCUT2D eigenvalue weighted by molar-refractivity contribution is 5.82. The van der Waals surface area contributed by atoms with Crippen LogP contribution >= 0.6 is 0 Å². The highest BCUT2D eigenvalue weighted by Gasteiger charge is 2.28. The average molecular weight is 299 g/mol. The molecule has 1 saturated heterocycles. The number of carbonyl (C=O) groups excluding carboxylic acids is 3. The Morgan fingerprint density at radius 2 is 1.67 bits per heavy atom. The largest absolute Gasteiger partial charge is 0.469 e. The summed E-state index contributed by atoms with van der Waals surface area (Å²) >= 11 is 0. The van der Waals surface area contributed by atoms with Crippen LogP contribution < -0.4 is 0 Å². The molecule has 21 heavy (non-hydrogen) atoms. The number of carbonyl (C=O) groups is 3. The van der Waals surface area contributed by atoms with Crippen LogP contribution in [-0.2, 0) is 23.9 Å². The third-order valence-electron chi connectivity index (χ3n) is 3.35. The van der Waals surface area contributed by atoms with E-state index >= 15 is 0 Å². The van der Waals surface area contributed by atoms with Gasteiger partial charge in [0.25, 0.3) is 0 Å². The van der Waals surface area contributed by atoms with Crippen molar-refractivity contribution in [3.63, 3.8) is 0 Å². The van der Waals surface area contributed by atoms with Crippen LogP contribution in [0.15, 0.2) is 0 Å².